The third-order valence-electron chi connectivity index (χ3n) is 6.39. The van der Waals surface area contributed by atoms with Crippen LogP contribution in [-0.2, 0) is 0 Å². The van der Waals surface area contributed by atoms with Gasteiger partial charge in [-0.3, -0.25) is 4.98 Å². The van der Waals surface area contributed by atoms with E-state index in [0.717, 1.165) is 11.4 Å². The molecular weight excluding hydrogens is 390 g/mol. The summed E-state index contributed by atoms with van der Waals surface area (Å²) in [6, 6.07) is 36.6. The zero-order valence-electron chi connectivity index (χ0n) is 17.3. The molecule has 0 unspecified atom stereocenters. The zero-order valence-corrected chi connectivity index (χ0v) is 17.3. The van der Waals surface area contributed by atoms with Gasteiger partial charge in [0.1, 0.15) is 0 Å². The van der Waals surface area contributed by atoms with Crippen molar-refractivity contribution in [2.75, 3.05) is 0 Å². The van der Waals surface area contributed by atoms with Gasteiger partial charge in [-0.15, -0.1) is 0 Å². The van der Waals surface area contributed by atoms with Crippen LogP contribution in [0.25, 0.3) is 55.0 Å². The summed E-state index contributed by atoms with van der Waals surface area (Å²) in [5, 5.41) is 5.02. The molecule has 0 saturated carbocycles. The third kappa shape index (κ3) is 2.33. The van der Waals surface area contributed by atoms with Crippen LogP contribution in [-0.4, -0.2) is 14.1 Å². The van der Waals surface area contributed by atoms with Gasteiger partial charge in [-0.1, -0.05) is 72.8 Å². The van der Waals surface area contributed by atoms with Crippen molar-refractivity contribution in [3.8, 4) is 11.4 Å². The minimum atomic E-state index is 1.06. The molecule has 32 heavy (non-hydrogen) atoms. The summed E-state index contributed by atoms with van der Waals surface area (Å²) in [4.78, 5) is 4.68. The monoisotopic (exact) mass is 409 g/mol. The van der Waals surface area contributed by atoms with E-state index in [1.807, 2.05) is 12.4 Å². The average Bonchev–Trinajstić information content (AvgIpc) is 3.37. The second-order valence-corrected chi connectivity index (χ2v) is 8.14. The van der Waals surface area contributed by atoms with Crippen molar-refractivity contribution in [2.45, 2.75) is 0 Å². The maximum atomic E-state index is 4.68. The normalized spacial score (nSPS) is 11.8. The van der Waals surface area contributed by atoms with Crippen LogP contribution in [0.1, 0.15) is 0 Å². The number of hydrogen-bond donors (Lipinski definition) is 0. The number of benzene rings is 4. The number of para-hydroxylation sites is 4. The summed E-state index contributed by atoms with van der Waals surface area (Å²) >= 11 is 0. The Balaban J connectivity index is 1.55. The minimum Gasteiger partial charge on any atom is -0.308 e. The lowest BCUT2D eigenvalue weighted by molar-refractivity contribution is 1.09. The van der Waals surface area contributed by atoms with Crippen LogP contribution in [0.3, 0.4) is 0 Å². The average molecular weight is 409 g/mol. The molecule has 7 aromatic rings. The molecule has 0 atom stereocenters. The Morgan fingerprint density at radius 2 is 0.719 bits per heavy atom. The number of rotatable bonds is 2. The molecule has 0 fully saturated rings. The molecular formula is C29H19N3. The molecule has 3 heteroatoms. The molecule has 150 valence electrons. The fraction of sp³-hybridized carbons (Fsp3) is 0. The first-order valence-corrected chi connectivity index (χ1v) is 10.8. The first-order valence-electron chi connectivity index (χ1n) is 10.8. The molecule has 3 aromatic heterocycles. The van der Waals surface area contributed by atoms with Gasteiger partial charge in [0.25, 0.3) is 0 Å². The van der Waals surface area contributed by atoms with Gasteiger partial charge in [-0.25, -0.2) is 0 Å². The quantitative estimate of drug-likeness (QED) is 0.294. The van der Waals surface area contributed by atoms with E-state index in [0.29, 0.717) is 0 Å². The molecule has 0 N–H and O–H groups in total. The van der Waals surface area contributed by atoms with Crippen molar-refractivity contribution in [1.29, 1.82) is 0 Å². The molecule has 0 saturated heterocycles. The van der Waals surface area contributed by atoms with Crippen LogP contribution >= 0.6 is 0 Å². The summed E-state index contributed by atoms with van der Waals surface area (Å²) in [7, 11) is 0. The minimum absolute atomic E-state index is 1.06. The van der Waals surface area contributed by atoms with Gasteiger partial charge in [-0.2, -0.15) is 0 Å². The number of hydrogen-bond acceptors (Lipinski definition) is 1. The van der Waals surface area contributed by atoms with E-state index in [1.165, 1.54) is 43.6 Å². The fourth-order valence-electron chi connectivity index (χ4n) is 5.06. The van der Waals surface area contributed by atoms with Crippen molar-refractivity contribution in [3.63, 3.8) is 0 Å². The van der Waals surface area contributed by atoms with E-state index in [9.17, 15) is 0 Å². The van der Waals surface area contributed by atoms with Crippen LogP contribution in [0, 0.1) is 0 Å². The number of nitrogens with zero attached hydrogens (tertiary/aromatic N) is 3. The van der Waals surface area contributed by atoms with Gasteiger partial charge in [0.15, 0.2) is 0 Å². The van der Waals surface area contributed by atoms with Crippen molar-refractivity contribution < 1.29 is 0 Å². The van der Waals surface area contributed by atoms with Gasteiger partial charge in [0.05, 0.1) is 45.8 Å². The molecule has 7 rings (SSSR count). The highest BCUT2D eigenvalue weighted by atomic mass is 15.0. The number of aromatic nitrogens is 3. The maximum Gasteiger partial charge on any atom is 0.0666 e. The van der Waals surface area contributed by atoms with E-state index in [2.05, 4.69) is 117 Å². The highest BCUT2D eigenvalue weighted by molar-refractivity contribution is 6.10. The van der Waals surface area contributed by atoms with Crippen LogP contribution in [0.5, 0.6) is 0 Å². The standard InChI is InChI=1S/C29H19N3/c1-5-13-26-22(9-1)23-10-2-6-14-27(23)31(26)20-17-21(19-30-18-20)32-28-15-7-3-11-24(28)25-12-4-8-16-29(25)32/h1-19H. The van der Waals surface area contributed by atoms with Crippen molar-refractivity contribution in [2.24, 2.45) is 0 Å². The molecule has 0 spiro atoms. The predicted octanol–water partition coefficient (Wildman–Crippen LogP) is 7.28. The van der Waals surface area contributed by atoms with E-state index in [-0.39, 0.29) is 0 Å². The Morgan fingerprint density at radius 1 is 0.406 bits per heavy atom. The first-order chi connectivity index (χ1) is 15.9. The number of pyridine rings is 1. The Labute approximate surface area is 184 Å². The lowest BCUT2D eigenvalue weighted by atomic mass is 10.2. The second kappa shape index (κ2) is 6.56. The zero-order chi connectivity index (χ0) is 21.1. The van der Waals surface area contributed by atoms with E-state index in [1.54, 1.807) is 0 Å². The number of fused-ring (bicyclic) bond motifs is 6. The van der Waals surface area contributed by atoms with Gasteiger partial charge >= 0.3 is 0 Å². The molecule has 0 aliphatic rings. The Hall–Kier alpha value is -4.37. The second-order valence-electron chi connectivity index (χ2n) is 8.14. The van der Waals surface area contributed by atoms with Crippen LogP contribution in [0.4, 0.5) is 0 Å². The van der Waals surface area contributed by atoms with E-state index in [4.69, 9.17) is 0 Å². The third-order valence-corrected chi connectivity index (χ3v) is 6.39. The highest BCUT2D eigenvalue weighted by Gasteiger charge is 2.15. The molecule has 0 aliphatic carbocycles. The fourth-order valence-corrected chi connectivity index (χ4v) is 5.06. The predicted molar refractivity (Wildman–Crippen MR) is 133 cm³/mol. The largest absolute Gasteiger partial charge is 0.308 e. The maximum absolute atomic E-state index is 4.68. The Morgan fingerprint density at radius 3 is 1.06 bits per heavy atom. The lowest BCUT2D eigenvalue weighted by Crippen LogP contribution is -1.99. The molecule has 0 bridgehead atoms. The molecule has 3 nitrogen and oxygen atoms in total. The van der Waals surface area contributed by atoms with Crippen LogP contribution < -0.4 is 0 Å². The van der Waals surface area contributed by atoms with Crippen LogP contribution in [0.15, 0.2) is 116 Å². The summed E-state index contributed by atoms with van der Waals surface area (Å²) in [6.45, 7) is 0. The molecule has 0 aliphatic heterocycles. The van der Waals surface area contributed by atoms with E-state index < -0.39 is 0 Å². The summed E-state index contributed by atoms with van der Waals surface area (Å²) in [5.74, 6) is 0. The highest BCUT2D eigenvalue weighted by Crippen LogP contribution is 2.34. The first kappa shape index (κ1) is 17.3. The van der Waals surface area contributed by atoms with Gasteiger partial charge in [0, 0.05) is 21.5 Å². The van der Waals surface area contributed by atoms with Crippen LogP contribution in [0.2, 0.25) is 0 Å². The molecule has 3 heterocycles. The molecule has 4 aromatic carbocycles. The lowest BCUT2D eigenvalue weighted by Gasteiger charge is -2.12. The summed E-state index contributed by atoms with van der Waals surface area (Å²) in [5.41, 5.74) is 6.87. The van der Waals surface area contributed by atoms with Crippen molar-refractivity contribution in [3.05, 3.63) is 116 Å². The summed E-state index contributed by atoms with van der Waals surface area (Å²) < 4.78 is 4.63. The topological polar surface area (TPSA) is 22.8 Å². The smallest absolute Gasteiger partial charge is 0.0666 e. The Kier molecular flexibility index (Phi) is 3.55. The van der Waals surface area contributed by atoms with Crippen molar-refractivity contribution in [1.82, 2.24) is 14.1 Å². The van der Waals surface area contributed by atoms with Gasteiger partial charge < -0.3 is 9.13 Å². The van der Waals surface area contributed by atoms with E-state index >= 15 is 0 Å². The Bertz CT molecular complexity index is 1550. The van der Waals surface area contributed by atoms with Gasteiger partial charge in [0.2, 0.25) is 0 Å². The molecule has 0 amide bonds. The van der Waals surface area contributed by atoms with Gasteiger partial charge in [-0.05, 0) is 30.3 Å². The van der Waals surface area contributed by atoms with Crippen molar-refractivity contribution >= 4 is 43.6 Å². The molecule has 0 radical (unpaired) electrons. The SMILES string of the molecule is c1ccc2c(c1)c1ccccc1n2-c1cncc(-n2c3ccccc3c3ccccc32)c1. The summed E-state index contributed by atoms with van der Waals surface area (Å²) in [6.07, 6.45) is 3.91.